The van der Waals surface area contributed by atoms with E-state index < -0.39 is 12.0 Å². The molecule has 222 valence electrons. The zero-order valence-electron chi connectivity index (χ0n) is 24.0. The van der Waals surface area contributed by atoms with E-state index in [0.29, 0.717) is 53.6 Å². The fourth-order valence-electron chi connectivity index (χ4n) is 4.68. The van der Waals surface area contributed by atoms with Gasteiger partial charge in [0.25, 0.3) is 0 Å². The van der Waals surface area contributed by atoms with Gasteiger partial charge in [0, 0.05) is 46.9 Å². The predicted molar refractivity (Wildman–Crippen MR) is 170 cm³/mol. The number of para-hydroxylation sites is 1. The van der Waals surface area contributed by atoms with Crippen LogP contribution in [-0.2, 0) is 16.0 Å². The van der Waals surface area contributed by atoms with E-state index >= 15 is 0 Å². The number of nitrogens with zero attached hydrogens (tertiary/aromatic N) is 1. The van der Waals surface area contributed by atoms with Gasteiger partial charge in [-0.05, 0) is 66.9 Å². The molecule has 1 amide bonds. The van der Waals surface area contributed by atoms with Crippen molar-refractivity contribution >= 4 is 40.6 Å². The minimum atomic E-state index is -1.02. The number of anilines is 2. The zero-order chi connectivity index (χ0) is 30.6. The van der Waals surface area contributed by atoms with Crippen LogP contribution < -0.4 is 15.0 Å². The van der Waals surface area contributed by atoms with E-state index in [4.69, 9.17) is 16.3 Å². The van der Waals surface area contributed by atoms with E-state index in [0.717, 1.165) is 17.7 Å². The van der Waals surface area contributed by atoms with E-state index in [2.05, 4.69) is 5.32 Å². The Bertz CT molecular complexity index is 1510. The highest BCUT2D eigenvalue weighted by atomic mass is 35.5. The number of amides is 1. The number of carboxylic acids is 1. The summed E-state index contributed by atoms with van der Waals surface area (Å²) >= 11 is 6.01. The average molecular weight is 599 g/mol. The summed E-state index contributed by atoms with van der Waals surface area (Å²) in [5.74, 6) is -0.492. The SMILES string of the molecule is CCCC(=O)N(CCCOc1ccc(CC(Nc2ccccc2C(=O)c2ccccc2)C(=O)O)cc1)c1ccc(Cl)cc1. The number of carbonyl (C=O) groups is 3. The van der Waals surface area contributed by atoms with Crippen LogP contribution in [0.4, 0.5) is 11.4 Å². The summed E-state index contributed by atoms with van der Waals surface area (Å²) in [6.45, 7) is 2.90. The van der Waals surface area contributed by atoms with Crippen molar-refractivity contribution in [2.75, 3.05) is 23.4 Å². The molecule has 2 N–H and O–H groups in total. The molecule has 0 fully saturated rings. The monoisotopic (exact) mass is 598 g/mol. The Hall–Kier alpha value is -4.62. The highest BCUT2D eigenvalue weighted by Crippen LogP contribution is 2.23. The standard InChI is InChI=1S/C35H35ClN2O5/c1-2-9-33(39)38(28-18-16-27(36)17-19-28)22-8-23-43-29-20-14-25(15-21-29)24-32(35(41)42)37-31-13-7-6-12-30(31)34(40)26-10-4-3-5-11-26/h3-7,10-21,32,37H,2,8-9,22-24H2,1H3,(H,41,42). The number of hydrogen-bond donors (Lipinski definition) is 2. The number of nitrogens with one attached hydrogen (secondary N) is 1. The second kappa shape index (κ2) is 15.6. The van der Waals surface area contributed by atoms with Crippen molar-refractivity contribution in [2.24, 2.45) is 0 Å². The van der Waals surface area contributed by atoms with Gasteiger partial charge in [-0.1, -0.05) is 73.1 Å². The molecule has 0 saturated carbocycles. The number of hydrogen-bond acceptors (Lipinski definition) is 5. The summed E-state index contributed by atoms with van der Waals surface area (Å²) in [5.41, 5.74) is 3.02. The van der Waals surface area contributed by atoms with E-state index in [9.17, 15) is 19.5 Å². The van der Waals surface area contributed by atoms with Gasteiger partial charge in [0.2, 0.25) is 5.91 Å². The minimum Gasteiger partial charge on any atom is -0.494 e. The quantitative estimate of drug-likeness (QED) is 0.110. The fraction of sp³-hybridized carbons (Fsp3) is 0.229. The van der Waals surface area contributed by atoms with Crippen molar-refractivity contribution in [3.05, 3.63) is 125 Å². The van der Waals surface area contributed by atoms with Crippen LogP contribution >= 0.6 is 11.6 Å². The number of halogens is 1. The van der Waals surface area contributed by atoms with Gasteiger partial charge in [-0.25, -0.2) is 4.79 Å². The molecule has 0 spiro atoms. The van der Waals surface area contributed by atoms with Crippen LogP contribution in [0.5, 0.6) is 5.75 Å². The smallest absolute Gasteiger partial charge is 0.326 e. The van der Waals surface area contributed by atoms with Crippen molar-refractivity contribution in [2.45, 2.75) is 38.6 Å². The molecule has 1 atom stereocenters. The number of benzene rings is 4. The number of carboxylic acid groups (broad SMARTS) is 1. The summed E-state index contributed by atoms with van der Waals surface area (Å²) < 4.78 is 5.91. The molecule has 0 bridgehead atoms. The first-order chi connectivity index (χ1) is 20.9. The number of carbonyl (C=O) groups excluding carboxylic acids is 2. The average Bonchev–Trinajstić information content (AvgIpc) is 3.02. The third-order valence-corrected chi connectivity index (χ3v) is 7.15. The fourth-order valence-corrected chi connectivity index (χ4v) is 4.80. The number of ketones is 1. The third kappa shape index (κ3) is 8.93. The van der Waals surface area contributed by atoms with Crippen LogP contribution in [0.3, 0.4) is 0 Å². The molecule has 0 aromatic heterocycles. The molecule has 7 nitrogen and oxygen atoms in total. The Morgan fingerprint density at radius 1 is 0.884 bits per heavy atom. The Morgan fingerprint density at radius 2 is 1.56 bits per heavy atom. The van der Waals surface area contributed by atoms with Crippen molar-refractivity contribution in [1.29, 1.82) is 0 Å². The molecule has 4 aromatic rings. The van der Waals surface area contributed by atoms with E-state index in [1.165, 1.54) is 0 Å². The molecule has 4 aromatic carbocycles. The molecule has 4 rings (SSSR count). The van der Waals surface area contributed by atoms with Crippen molar-refractivity contribution in [3.63, 3.8) is 0 Å². The van der Waals surface area contributed by atoms with Crippen LogP contribution in [0.1, 0.15) is 47.7 Å². The zero-order valence-corrected chi connectivity index (χ0v) is 24.8. The lowest BCUT2D eigenvalue weighted by Gasteiger charge is -2.23. The Kier molecular flexibility index (Phi) is 11.3. The highest BCUT2D eigenvalue weighted by molar-refractivity contribution is 6.30. The van der Waals surface area contributed by atoms with Gasteiger partial charge in [-0.2, -0.15) is 0 Å². The maximum atomic E-state index is 13.1. The minimum absolute atomic E-state index is 0.0582. The number of ether oxygens (including phenoxy) is 1. The molecule has 0 heterocycles. The Labute approximate surface area is 257 Å². The summed E-state index contributed by atoms with van der Waals surface area (Å²) in [4.78, 5) is 39.7. The van der Waals surface area contributed by atoms with Gasteiger partial charge in [0.1, 0.15) is 11.8 Å². The molecular formula is C35H35ClN2O5. The first-order valence-electron chi connectivity index (χ1n) is 14.3. The molecular weight excluding hydrogens is 564 g/mol. The van der Waals surface area contributed by atoms with Gasteiger partial charge in [-0.3, -0.25) is 9.59 Å². The largest absolute Gasteiger partial charge is 0.494 e. The second-order valence-corrected chi connectivity index (χ2v) is 10.5. The van der Waals surface area contributed by atoms with E-state index in [1.54, 1.807) is 77.7 Å². The molecule has 8 heteroatoms. The van der Waals surface area contributed by atoms with Crippen molar-refractivity contribution in [3.8, 4) is 5.75 Å². The van der Waals surface area contributed by atoms with Gasteiger partial charge < -0.3 is 20.1 Å². The van der Waals surface area contributed by atoms with Crippen LogP contribution in [0.15, 0.2) is 103 Å². The summed E-state index contributed by atoms with van der Waals surface area (Å²) in [7, 11) is 0. The second-order valence-electron chi connectivity index (χ2n) is 10.1. The summed E-state index contributed by atoms with van der Waals surface area (Å²) in [5, 5.41) is 13.6. The summed E-state index contributed by atoms with van der Waals surface area (Å²) in [6.07, 6.45) is 2.07. The van der Waals surface area contributed by atoms with Gasteiger partial charge in [0.05, 0.1) is 6.61 Å². The van der Waals surface area contributed by atoms with Gasteiger partial charge in [-0.15, -0.1) is 0 Å². The van der Waals surface area contributed by atoms with Crippen LogP contribution in [0.25, 0.3) is 0 Å². The molecule has 0 radical (unpaired) electrons. The number of aliphatic carboxylic acids is 1. The molecule has 0 aliphatic carbocycles. The maximum Gasteiger partial charge on any atom is 0.326 e. The van der Waals surface area contributed by atoms with Crippen LogP contribution in [0, 0.1) is 0 Å². The van der Waals surface area contributed by atoms with Crippen LogP contribution in [-0.4, -0.2) is 42.0 Å². The summed E-state index contributed by atoms with van der Waals surface area (Å²) in [6, 6.07) is 29.4. The Balaban J connectivity index is 1.34. The van der Waals surface area contributed by atoms with E-state index in [1.807, 2.05) is 37.3 Å². The molecule has 1 unspecified atom stereocenters. The lowest BCUT2D eigenvalue weighted by molar-refractivity contribution is -0.137. The first kappa shape index (κ1) is 31.3. The lowest BCUT2D eigenvalue weighted by Crippen LogP contribution is -2.32. The third-order valence-electron chi connectivity index (χ3n) is 6.90. The highest BCUT2D eigenvalue weighted by Gasteiger charge is 2.21. The molecule has 0 aliphatic rings. The molecule has 0 aliphatic heterocycles. The molecule has 43 heavy (non-hydrogen) atoms. The number of rotatable bonds is 15. The predicted octanol–water partition coefficient (Wildman–Crippen LogP) is 7.28. The van der Waals surface area contributed by atoms with Crippen LogP contribution in [0.2, 0.25) is 5.02 Å². The maximum absolute atomic E-state index is 13.1. The van der Waals surface area contributed by atoms with Gasteiger partial charge >= 0.3 is 5.97 Å². The van der Waals surface area contributed by atoms with Gasteiger partial charge in [0.15, 0.2) is 5.78 Å². The van der Waals surface area contributed by atoms with Crippen molar-refractivity contribution < 1.29 is 24.2 Å². The lowest BCUT2D eigenvalue weighted by atomic mass is 10.00. The topological polar surface area (TPSA) is 95.9 Å². The Morgan fingerprint density at radius 3 is 2.23 bits per heavy atom. The first-order valence-corrected chi connectivity index (χ1v) is 14.7. The molecule has 0 saturated heterocycles. The normalized spacial score (nSPS) is 11.4. The van der Waals surface area contributed by atoms with E-state index in [-0.39, 0.29) is 18.1 Å². The van der Waals surface area contributed by atoms with Crippen molar-refractivity contribution in [1.82, 2.24) is 0 Å².